The Morgan fingerprint density at radius 1 is 1.29 bits per heavy atom. The molecule has 1 saturated heterocycles. The number of hydrogen-bond acceptors (Lipinski definition) is 2. The normalized spacial score (nSPS) is 26.8. The maximum Gasteiger partial charge on any atom is 0.0326 e. The van der Waals surface area contributed by atoms with Gasteiger partial charge in [-0.2, -0.15) is 0 Å². The van der Waals surface area contributed by atoms with Gasteiger partial charge >= 0.3 is 0 Å². The molecule has 0 saturated carbocycles. The van der Waals surface area contributed by atoms with Gasteiger partial charge in [-0.1, -0.05) is 33.6 Å². The van der Waals surface area contributed by atoms with Crippen LogP contribution in [0.1, 0.15) is 59.8 Å². The highest BCUT2D eigenvalue weighted by Gasteiger charge is 2.34. The van der Waals surface area contributed by atoms with Crippen LogP contribution < -0.4 is 5.73 Å². The minimum Gasteiger partial charge on any atom is -0.329 e. The summed E-state index contributed by atoms with van der Waals surface area (Å²) in [6.45, 7) is 12.5. The van der Waals surface area contributed by atoms with Crippen LogP contribution in [-0.2, 0) is 0 Å². The SMILES string of the molecule is CCCC1CCCN(C(C)(CN)C(C)C)CC1. The predicted octanol–water partition coefficient (Wildman–Crippen LogP) is 3.26. The van der Waals surface area contributed by atoms with Crippen LogP contribution >= 0.6 is 0 Å². The molecule has 2 nitrogen and oxygen atoms in total. The molecular formula is C15H32N2. The van der Waals surface area contributed by atoms with Gasteiger partial charge in [0.25, 0.3) is 0 Å². The number of nitrogens with two attached hydrogens (primary N) is 1. The third-order valence-electron chi connectivity index (χ3n) is 4.92. The highest BCUT2D eigenvalue weighted by molar-refractivity contribution is 4.91. The molecule has 0 bridgehead atoms. The Morgan fingerprint density at radius 3 is 2.53 bits per heavy atom. The summed E-state index contributed by atoms with van der Waals surface area (Å²) in [5.41, 5.74) is 6.24. The zero-order chi connectivity index (χ0) is 12.9. The maximum atomic E-state index is 6.04. The van der Waals surface area contributed by atoms with E-state index in [1.54, 1.807) is 0 Å². The summed E-state index contributed by atoms with van der Waals surface area (Å²) in [4.78, 5) is 2.66. The van der Waals surface area contributed by atoms with E-state index in [2.05, 4.69) is 32.6 Å². The Hall–Kier alpha value is -0.0800. The summed E-state index contributed by atoms with van der Waals surface area (Å²) in [6.07, 6.45) is 6.89. The van der Waals surface area contributed by atoms with Crippen LogP contribution in [0.15, 0.2) is 0 Å². The molecule has 2 unspecified atom stereocenters. The second kappa shape index (κ2) is 6.75. The minimum absolute atomic E-state index is 0.196. The van der Waals surface area contributed by atoms with Crippen LogP contribution in [0.5, 0.6) is 0 Å². The Balaban J connectivity index is 2.60. The molecule has 1 rings (SSSR count). The van der Waals surface area contributed by atoms with E-state index in [9.17, 15) is 0 Å². The van der Waals surface area contributed by atoms with Gasteiger partial charge in [-0.25, -0.2) is 0 Å². The first-order valence-corrected chi connectivity index (χ1v) is 7.49. The third-order valence-corrected chi connectivity index (χ3v) is 4.92. The average Bonchev–Trinajstić information content (AvgIpc) is 2.54. The van der Waals surface area contributed by atoms with Gasteiger partial charge in [0.15, 0.2) is 0 Å². The van der Waals surface area contributed by atoms with E-state index in [-0.39, 0.29) is 5.54 Å². The van der Waals surface area contributed by atoms with Gasteiger partial charge in [0.1, 0.15) is 0 Å². The summed E-state index contributed by atoms with van der Waals surface area (Å²) in [5.74, 6) is 1.59. The fourth-order valence-electron chi connectivity index (χ4n) is 3.10. The van der Waals surface area contributed by atoms with Gasteiger partial charge in [-0.05, 0) is 51.1 Å². The van der Waals surface area contributed by atoms with Crippen molar-refractivity contribution in [2.24, 2.45) is 17.6 Å². The molecule has 1 fully saturated rings. The molecule has 2 N–H and O–H groups in total. The Labute approximate surface area is 108 Å². The quantitative estimate of drug-likeness (QED) is 0.799. The number of likely N-dealkylation sites (tertiary alicyclic amines) is 1. The molecule has 0 radical (unpaired) electrons. The third kappa shape index (κ3) is 3.69. The molecule has 1 heterocycles. The van der Waals surface area contributed by atoms with E-state index in [1.807, 2.05) is 0 Å². The summed E-state index contributed by atoms with van der Waals surface area (Å²) in [7, 11) is 0. The zero-order valence-electron chi connectivity index (χ0n) is 12.3. The second-order valence-electron chi connectivity index (χ2n) is 6.29. The van der Waals surface area contributed by atoms with Gasteiger partial charge in [-0.15, -0.1) is 0 Å². The molecule has 2 atom stereocenters. The Kier molecular flexibility index (Phi) is 5.94. The summed E-state index contributed by atoms with van der Waals surface area (Å²) in [5, 5.41) is 0. The van der Waals surface area contributed by atoms with Crippen LogP contribution in [0.4, 0.5) is 0 Å². The molecule has 102 valence electrons. The van der Waals surface area contributed by atoms with Crippen molar-refractivity contribution in [2.45, 2.75) is 65.3 Å². The fourth-order valence-corrected chi connectivity index (χ4v) is 3.10. The highest BCUT2D eigenvalue weighted by Crippen LogP contribution is 2.29. The lowest BCUT2D eigenvalue weighted by molar-refractivity contribution is 0.0696. The smallest absolute Gasteiger partial charge is 0.0326 e. The molecule has 0 aromatic carbocycles. The van der Waals surface area contributed by atoms with E-state index in [4.69, 9.17) is 5.73 Å². The van der Waals surface area contributed by atoms with Crippen molar-refractivity contribution >= 4 is 0 Å². The zero-order valence-corrected chi connectivity index (χ0v) is 12.3. The predicted molar refractivity (Wildman–Crippen MR) is 76.1 cm³/mol. The first-order chi connectivity index (χ1) is 8.04. The van der Waals surface area contributed by atoms with Gasteiger partial charge in [-0.3, -0.25) is 4.90 Å². The molecule has 2 heteroatoms. The lowest BCUT2D eigenvalue weighted by Gasteiger charge is -2.43. The Bertz CT molecular complexity index is 215. The van der Waals surface area contributed by atoms with Crippen LogP contribution in [-0.4, -0.2) is 30.1 Å². The van der Waals surface area contributed by atoms with Gasteiger partial charge in [0.05, 0.1) is 0 Å². The van der Waals surface area contributed by atoms with Gasteiger partial charge < -0.3 is 5.73 Å². The second-order valence-corrected chi connectivity index (χ2v) is 6.29. The first-order valence-electron chi connectivity index (χ1n) is 7.49. The monoisotopic (exact) mass is 240 g/mol. The summed E-state index contributed by atoms with van der Waals surface area (Å²) < 4.78 is 0. The van der Waals surface area contributed by atoms with Crippen LogP contribution in [0.2, 0.25) is 0 Å². The lowest BCUT2D eigenvalue weighted by atomic mass is 9.86. The number of nitrogens with zero attached hydrogens (tertiary/aromatic N) is 1. The van der Waals surface area contributed by atoms with Gasteiger partial charge in [0, 0.05) is 12.1 Å². The largest absolute Gasteiger partial charge is 0.329 e. The van der Waals surface area contributed by atoms with Crippen LogP contribution in [0.25, 0.3) is 0 Å². The molecule has 1 aliphatic rings. The van der Waals surface area contributed by atoms with E-state index in [0.717, 1.165) is 12.5 Å². The van der Waals surface area contributed by atoms with Gasteiger partial charge in [0.2, 0.25) is 0 Å². The standard InChI is InChI=1S/C15H32N2/c1-5-7-14-8-6-10-17(11-9-14)15(4,12-16)13(2)3/h13-14H,5-12,16H2,1-4H3. The van der Waals surface area contributed by atoms with E-state index in [0.29, 0.717) is 5.92 Å². The van der Waals surface area contributed by atoms with Crippen molar-refractivity contribution in [3.05, 3.63) is 0 Å². The van der Waals surface area contributed by atoms with Crippen molar-refractivity contribution in [1.29, 1.82) is 0 Å². The first kappa shape index (κ1) is 15.0. The molecular weight excluding hydrogens is 208 g/mol. The van der Waals surface area contributed by atoms with Crippen LogP contribution in [0.3, 0.4) is 0 Å². The van der Waals surface area contributed by atoms with E-state index < -0.39 is 0 Å². The molecule has 0 aromatic rings. The molecule has 1 aliphatic heterocycles. The number of rotatable bonds is 5. The summed E-state index contributed by atoms with van der Waals surface area (Å²) >= 11 is 0. The maximum absolute atomic E-state index is 6.04. The summed E-state index contributed by atoms with van der Waals surface area (Å²) in [6, 6.07) is 0. The molecule has 0 spiro atoms. The molecule has 0 aliphatic carbocycles. The highest BCUT2D eigenvalue weighted by atomic mass is 15.2. The van der Waals surface area contributed by atoms with Crippen molar-refractivity contribution in [1.82, 2.24) is 4.90 Å². The average molecular weight is 240 g/mol. The molecule has 17 heavy (non-hydrogen) atoms. The van der Waals surface area contributed by atoms with Crippen molar-refractivity contribution in [3.8, 4) is 0 Å². The Morgan fingerprint density at radius 2 is 2.00 bits per heavy atom. The topological polar surface area (TPSA) is 29.3 Å². The van der Waals surface area contributed by atoms with E-state index in [1.165, 1.54) is 45.2 Å². The van der Waals surface area contributed by atoms with E-state index >= 15 is 0 Å². The fraction of sp³-hybridized carbons (Fsp3) is 1.00. The lowest BCUT2D eigenvalue weighted by Crippen LogP contribution is -2.55. The minimum atomic E-state index is 0.196. The van der Waals surface area contributed by atoms with Crippen molar-refractivity contribution in [2.75, 3.05) is 19.6 Å². The van der Waals surface area contributed by atoms with Crippen LogP contribution in [0, 0.1) is 11.8 Å². The van der Waals surface area contributed by atoms with Crippen molar-refractivity contribution < 1.29 is 0 Å². The van der Waals surface area contributed by atoms with Crippen molar-refractivity contribution in [3.63, 3.8) is 0 Å². The molecule has 0 aromatic heterocycles. The molecule has 0 amide bonds. The number of hydrogen-bond donors (Lipinski definition) is 1.